The van der Waals surface area contributed by atoms with E-state index in [0.29, 0.717) is 0 Å². The summed E-state index contributed by atoms with van der Waals surface area (Å²) in [4.78, 5) is 0. The Morgan fingerprint density at radius 3 is 2.36 bits per heavy atom. The zero-order valence-corrected chi connectivity index (χ0v) is 7.93. The normalized spacial score (nSPS) is 16.4. The van der Waals surface area contributed by atoms with Gasteiger partial charge in [0.2, 0.25) is 0 Å². The molecule has 0 aliphatic carbocycles. The molecule has 0 saturated carbocycles. The molecule has 68 valence electrons. The van der Waals surface area contributed by atoms with Crippen LogP contribution in [-0.4, -0.2) is 17.9 Å². The smallest absolute Gasteiger partial charge is 0.102 e. The van der Waals surface area contributed by atoms with Gasteiger partial charge in [0.1, 0.15) is 6.23 Å². The van der Waals surface area contributed by atoms with E-state index in [4.69, 9.17) is 5.11 Å². The Kier molecular flexibility index (Phi) is 6.57. The Balaban J connectivity index is 3.10. The van der Waals surface area contributed by atoms with Crippen molar-refractivity contribution in [3.8, 4) is 0 Å². The van der Waals surface area contributed by atoms with Crippen molar-refractivity contribution in [3.05, 3.63) is 0 Å². The van der Waals surface area contributed by atoms with E-state index >= 15 is 0 Å². The third-order valence-corrected chi connectivity index (χ3v) is 1.86. The van der Waals surface area contributed by atoms with E-state index < -0.39 is 0 Å². The molecule has 2 heteroatoms. The van der Waals surface area contributed by atoms with Crippen molar-refractivity contribution >= 4 is 0 Å². The average Bonchev–Trinajstić information content (AvgIpc) is 1.87. The molecule has 0 aromatic heterocycles. The first kappa shape index (κ1) is 10.9. The Bertz CT molecular complexity index is 83.6. The Morgan fingerprint density at radius 1 is 1.27 bits per heavy atom. The lowest BCUT2D eigenvalue weighted by molar-refractivity contribution is 0.154. The van der Waals surface area contributed by atoms with Gasteiger partial charge in [0, 0.05) is 0 Å². The number of hydrogen-bond donors (Lipinski definition) is 2. The molecule has 2 nitrogen and oxygen atoms in total. The van der Waals surface area contributed by atoms with Crippen molar-refractivity contribution in [1.29, 1.82) is 0 Å². The van der Waals surface area contributed by atoms with Crippen LogP contribution >= 0.6 is 0 Å². The fourth-order valence-corrected chi connectivity index (χ4v) is 1.18. The maximum Gasteiger partial charge on any atom is 0.102 e. The van der Waals surface area contributed by atoms with Gasteiger partial charge < -0.3 is 5.11 Å². The molecule has 2 atom stereocenters. The second-order valence-corrected chi connectivity index (χ2v) is 3.31. The van der Waals surface area contributed by atoms with Crippen LogP contribution in [-0.2, 0) is 0 Å². The van der Waals surface area contributed by atoms with Crippen LogP contribution in [0.3, 0.4) is 0 Å². The highest BCUT2D eigenvalue weighted by Gasteiger charge is 2.00. The fraction of sp³-hybridized carbons (Fsp3) is 1.00. The summed E-state index contributed by atoms with van der Waals surface area (Å²) in [5, 5.41) is 11.9. The number of nitrogens with one attached hydrogen (secondary N) is 1. The van der Waals surface area contributed by atoms with Crippen molar-refractivity contribution in [3.63, 3.8) is 0 Å². The molecule has 0 radical (unpaired) electrons. The molecule has 0 spiro atoms. The molecule has 0 fully saturated rings. The van der Waals surface area contributed by atoms with E-state index in [0.717, 1.165) is 12.5 Å². The van der Waals surface area contributed by atoms with Gasteiger partial charge in [-0.1, -0.05) is 26.7 Å². The minimum absolute atomic E-state index is 0.358. The summed E-state index contributed by atoms with van der Waals surface area (Å²) in [5.74, 6) is 0.784. The number of aliphatic hydroxyl groups is 1. The van der Waals surface area contributed by atoms with Crippen molar-refractivity contribution in [2.45, 2.75) is 46.3 Å². The zero-order chi connectivity index (χ0) is 8.69. The van der Waals surface area contributed by atoms with Gasteiger partial charge >= 0.3 is 0 Å². The monoisotopic (exact) mass is 159 g/mol. The molecule has 11 heavy (non-hydrogen) atoms. The van der Waals surface area contributed by atoms with Crippen LogP contribution in [0.4, 0.5) is 0 Å². The molecule has 0 saturated heterocycles. The molecule has 0 rings (SSSR count). The Labute approximate surface area is 70.0 Å². The zero-order valence-electron chi connectivity index (χ0n) is 7.93. The van der Waals surface area contributed by atoms with Crippen molar-refractivity contribution in [2.75, 3.05) is 6.54 Å². The second-order valence-electron chi connectivity index (χ2n) is 3.31. The molecule has 1 unspecified atom stereocenters. The van der Waals surface area contributed by atoms with Gasteiger partial charge in [0.15, 0.2) is 0 Å². The van der Waals surface area contributed by atoms with Gasteiger partial charge in [0.05, 0.1) is 0 Å². The Morgan fingerprint density at radius 2 is 1.91 bits per heavy atom. The van der Waals surface area contributed by atoms with Gasteiger partial charge in [-0.3, -0.25) is 5.32 Å². The van der Waals surface area contributed by atoms with Crippen LogP contribution in [0, 0.1) is 5.92 Å². The molecule has 2 N–H and O–H groups in total. The number of aliphatic hydroxyl groups excluding tert-OH is 1. The predicted molar refractivity (Wildman–Crippen MR) is 48.4 cm³/mol. The molecular weight excluding hydrogens is 138 g/mol. The summed E-state index contributed by atoms with van der Waals surface area (Å²) < 4.78 is 0. The first-order valence-corrected chi connectivity index (χ1v) is 4.58. The van der Waals surface area contributed by atoms with E-state index in [1.807, 2.05) is 0 Å². The highest BCUT2D eigenvalue weighted by molar-refractivity contribution is 4.55. The van der Waals surface area contributed by atoms with Gasteiger partial charge in [0.25, 0.3) is 0 Å². The van der Waals surface area contributed by atoms with Gasteiger partial charge in [-0.25, -0.2) is 0 Å². The highest BCUT2D eigenvalue weighted by Crippen LogP contribution is 2.08. The minimum atomic E-state index is -0.358. The summed E-state index contributed by atoms with van der Waals surface area (Å²) >= 11 is 0. The molecule has 0 amide bonds. The van der Waals surface area contributed by atoms with Crippen LogP contribution < -0.4 is 5.32 Å². The maximum absolute atomic E-state index is 8.88. The Hall–Kier alpha value is -0.0800. The molecule has 0 aliphatic heterocycles. The summed E-state index contributed by atoms with van der Waals surface area (Å²) in [6.07, 6.45) is 3.36. The van der Waals surface area contributed by atoms with E-state index in [2.05, 4.69) is 19.2 Å². The lowest BCUT2D eigenvalue weighted by Gasteiger charge is -2.11. The fourth-order valence-electron chi connectivity index (χ4n) is 1.18. The lowest BCUT2D eigenvalue weighted by atomic mass is 10.0. The summed E-state index contributed by atoms with van der Waals surface area (Å²) in [5.41, 5.74) is 0. The number of hydrogen-bond acceptors (Lipinski definition) is 2. The molecule has 0 bridgehead atoms. The summed E-state index contributed by atoms with van der Waals surface area (Å²) in [7, 11) is 0. The highest BCUT2D eigenvalue weighted by atomic mass is 16.3. The lowest BCUT2D eigenvalue weighted by Crippen LogP contribution is -2.27. The van der Waals surface area contributed by atoms with E-state index in [1.54, 1.807) is 6.92 Å². The van der Waals surface area contributed by atoms with E-state index in [1.165, 1.54) is 19.3 Å². The quantitative estimate of drug-likeness (QED) is 0.579. The molecule has 0 aromatic carbocycles. The van der Waals surface area contributed by atoms with Crippen LogP contribution in [0.1, 0.15) is 40.0 Å². The minimum Gasteiger partial charge on any atom is -0.379 e. The van der Waals surface area contributed by atoms with Crippen molar-refractivity contribution < 1.29 is 5.11 Å². The first-order chi connectivity index (χ1) is 5.16. The first-order valence-electron chi connectivity index (χ1n) is 4.58. The van der Waals surface area contributed by atoms with Gasteiger partial charge in [-0.2, -0.15) is 0 Å². The van der Waals surface area contributed by atoms with Gasteiger partial charge in [-0.05, 0) is 25.8 Å². The maximum atomic E-state index is 8.88. The molecular formula is C9H21NO. The summed E-state index contributed by atoms with van der Waals surface area (Å²) in [6, 6.07) is 0. The predicted octanol–water partition coefficient (Wildman–Crippen LogP) is 1.74. The number of rotatable bonds is 6. The molecule has 0 aliphatic rings. The third kappa shape index (κ3) is 7.82. The molecule has 0 aromatic rings. The summed E-state index contributed by atoms with van der Waals surface area (Å²) in [6.45, 7) is 7.15. The third-order valence-electron chi connectivity index (χ3n) is 1.86. The molecule has 0 heterocycles. The van der Waals surface area contributed by atoms with Crippen LogP contribution in [0.2, 0.25) is 0 Å². The second kappa shape index (κ2) is 6.62. The van der Waals surface area contributed by atoms with Crippen LogP contribution in [0.25, 0.3) is 0 Å². The standard InChI is InChI=1S/C9H21NO/c1-4-5-8(2)6-7-10-9(3)11/h8-11H,4-7H2,1-3H3/t8-,9?/m0/s1. The largest absolute Gasteiger partial charge is 0.379 e. The topological polar surface area (TPSA) is 32.3 Å². The van der Waals surface area contributed by atoms with Gasteiger partial charge in [-0.15, -0.1) is 0 Å². The SMILES string of the molecule is CCC[C@H](C)CCNC(C)O. The van der Waals surface area contributed by atoms with E-state index in [9.17, 15) is 0 Å². The van der Waals surface area contributed by atoms with Crippen LogP contribution in [0.15, 0.2) is 0 Å². The van der Waals surface area contributed by atoms with Crippen LogP contribution in [0.5, 0.6) is 0 Å². The van der Waals surface area contributed by atoms with Crippen molar-refractivity contribution in [1.82, 2.24) is 5.32 Å². The van der Waals surface area contributed by atoms with E-state index in [-0.39, 0.29) is 6.23 Å². The van der Waals surface area contributed by atoms with Crippen molar-refractivity contribution in [2.24, 2.45) is 5.92 Å². The average molecular weight is 159 g/mol.